The van der Waals surface area contributed by atoms with Gasteiger partial charge >= 0.3 is 11.8 Å². The Balaban J connectivity index is 2.13. The van der Waals surface area contributed by atoms with Crippen molar-refractivity contribution < 1.29 is 19.2 Å². The predicted molar refractivity (Wildman–Crippen MR) is 99.4 cm³/mol. The Kier molecular flexibility index (Phi) is 6.40. The lowest BCUT2D eigenvalue weighted by Gasteiger charge is -2.39. The SMILES string of the molecule is CO[C@@H]1CN(c2c(Br)cncc2[N+](=O)[O-])CC[C@@H]1NC(=O)OC(C)(C)C. The molecule has 0 bridgehead atoms. The minimum absolute atomic E-state index is 0.0761. The average Bonchev–Trinajstić information content (AvgIpc) is 2.53. The molecule has 10 heteroatoms. The van der Waals surface area contributed by atoms with Crippen LogP contribution in [0.3, 0.4) is 0 Å². The van der Waals surface area contributed by atoms with Gasteiger partial charge in [-0.05, 0) is 43.1 Å². The maximum atomic E-state index is 12.0. The second-order valence-electron chi connectivity index (χ2n) is 7.01. The van der Waals surface area contributed by atoms with Gasteiger partial charge in [0.1, 0.15) is 17.5 Å². The number of aromatic nitrogens is 1. The first-order chi connectivity index (χ1) is 12.1. The summed E-state index contributed by atoms with van der Waals surface area (Å²) in [5.74, 6) is 0. The summed E-state index contributed by atoms with van der Waals surface area (Å²) in [6.07, 6.45) is 2.47. The van der Waals surface area contributed by atoms with Gasteiger partial charge < -0.3 is 19.7 Å². The van der Waals surface area contributed by atoms with Gasteiger partial charge in [0.25, 0.3) is 0 Å². The van der Waals surface area contributed by atoms with Gasteiger partial charge in [-0.3, -0.25) is 15.1 Å². The summed E-state index contributed by atoms with van der Waals surface area (Å²) in [7, 11) is 1.55. The number of piperidine rings is 1. The topological polar surface area (TPSA) is 107 Å². The number of hydrogen-bond donors (Lipinski definition) is 1. The van der Waals surface area contributed by atoms with E-state index in [2.05, 4.69) is 26.2 Å². The summed E-state index contributed by atoms with van der Waals surface area (Å²) in [5, 5.41) is 14.2. The van der Waals surface area contributed by atoms with E-state index in [9.17, 15) is 14.9 Å². The molecule has 1 fully saturated rings. The zero-order valence-corrected chi connectivity index (χ0v) is 16.8. The standard InChI is InChI=1S/C16H23BrN4O5/c1-16(2,3)26-15(22)19-11-5-6-20(9-13(11)25-4)14-10(17)7-18-8-12(14)21(23)24/h7-8,11,13H,5-6,9H2,1-4H3,(H,19,22)/t11-,13+/m0/s1. The molecule has 9 nitrogen and oxygen atoms in total. The van der Waals surface area contributed by atoms with Crippen LogP contribution in [0, 0.1) is 10.1 Å². The lowest BCUT2D eigenvalue weighted by atomic mass is 10.0. The van der Waals surface area contributed by atoms with Crippen molar-refractivity contribution in [3.05, 3.63) is 27.0 Å². The number of anilines is 1. The van der Waals surface area contributed by atoms with Crippen LogP contribution < -0.4 is 10.2 Å². The van der Waals surface area contributed by atoms with Gasteiger partial charge in [-0.15, -0.1) is 0 Å². The molecule has 0 unspecified atom stereocenters. The van der Waals surface area contributed by atoms with E-state index < -0.39 is 16.6 Å². The molecular weight excluding hydrogens is 408 g/mol. The zero-order valence-electron chi connectivity index (χ0n) is 15.2. The molecule has 0 aliphatic carbocycles. The number of pyridine rings is 1. The third-order valence-electron chi connectivity index (χ3n) is 3.93. The molecule has 1 aromatic heterocycles. The molecule has 0 aromatic carbocycles. The number of amides is 1. The number of methoxy groups -OCH3 is 1. The molecule has 1 aliphatic rings. The molecule has 144 valence electrons. The Bertz CT molecular complexity index is 679. The van der Waals surface area contributed by atoms with E-state index in [1.54, 1.807) is 27.9 Å². The summed E-state index contributed by atoms with van der Waals surface area (Å²) in [6, 6.07) is -0.245. The quantitative estimate of drug-likeness (QED) is 0.577. The summed E-state index contributed by atoms with van der Waals surface area (Å²) in [4.78, 5) is 28.6. The number of halogens is 1. The van der Waals surface area contributed by atoms with Crippen molar-refractivity contribution in [1.82, 2.24) is 10.3 Å². The molecule has 2 heterocycles. The Morgan fingerprint density at radius 3 is 2.73 bits per heavy atom. The molecular formula is C16H23BrN4O5. The summed E-state index contributed by atoms with van der Waals surface area (Å²) in [5.41, 5.74) is -0.203. The molecule has 2 rings (SSSR count). The highest BCUT2D eigenvalue weighted by Gasteiger charge is 2.35. The summed E-state index contributed by atoms with van der Waals surface area (Å²) < 4.78 is 11.3. The number of carbonyl (C=O) groups is 1. The first kappa shape index (κ1) is 20.4. The molecule has 0 saturated carbocycles. The van der Waals surface area contributed by atoms with Gasteiger partial charge in [0.2, 0.25) is 0 Å². The van der Waals surface area contributed by atoms with Crippen LogP contribution in [-0.4, -0.2) is 53.9 Å². The minimum atomic E-state index is -0.587. The first-order valence-electron chi connectivity index (χ1n) is 8.17. The Hall–Kier alpha value is -1.94. The average molecular weight is 431 g/mol. The molecule has 1 aromatic rings. The van der Waals surface area contributed by atoms with Crippen molar-refractivity contribution in [3.63, 3.8) is 0 Å². The van der Waals surface area contributed by atoms with Crippen LogP contribution in [0.25, 0.3) is 0 Å². The molecule has 0 spiro atoms. The van der Waals surface area contributed by atoms with Gasteiger partial charge in [0.05, 0.1) is 21.5 Å². The fourth-order valence-corrected chi connectivity index (χ4v) is 3.42. The lowest BCUT2D eigenvalue weighted by Crippen LogP contribution is -2.55. The van der Waals surface area contributed by atoms with E-state index >= 15 is 0 Å². The normalized spacial score (nSPS) is 20.6. The van der Waals surface area contributed by atoms with Gasteiger partial charge in [-0.25, -0.2) is 4.79 Å². The largest absolute Gasteiger partial charge is 0.444 e. The minimum Gasteiger partial charge on any atom is -0.444 e. The Morgan fingerprint density at radius 2 is 2.15 bits per heavy atom. The van der Waals surface area contributed by atoms with Crippen molar-refractivity contribution in [3.8, 4) is 0 Å². The second kappa shape index (κ2) is 8.17. The number of carbonyl (C=O) groups excluding carboxylic acids is 1. The van der Waals surface area contributed by atoms with Crippen molar-refractivity contribution >= 4 is 33.4 Å². The van der Waals surface area contributed by atoms with Crippen LogP contribution in [0.4, 0.5) is 16.2 Å². The van der Waals surface area contributed by atoms with Crippen LogP contribution in [0.5, 0.6) is 0 Å². The molecule has 1 aliphatic heterocycles. The van der Waals surface area contributed by atoms with Gasteiger partial charge in [-0.1, -0.05) is 0 Å². The Labute approximate surface area is 160 Å². The van der Waals surface area contributed by atoms with Crippen molar-refractivity contribution in [2.24, 2.45) is 0 Å². The number of nitro groups is 1. The smallest absolute Gasteiger partial charge is 0.407 e. The Morgan fingerprint density at radius 1 is 1.46 bits per heavy atom. The number of rotatable bonds is 4. The van der Waals surface area contributed by atoms with Crippen molar-refractivity contribution in [2.75, 3.05) is 25.1 Å². The van der Waals surface area contributed by atoms with E-state index in [1.807, 2.05) is 4.90 Å². The van der Waals surface area contributed by atoms with Crippen molar-refractivity contribution in [1.29, 1.82) is 0 Å². The number of nitrogens with one attached hydrogen (secondary N) is 1. The molecule has 0 radical (unpaired) electrons. The third kappa shape index (κ3) is 5.04. The van der Waals surface area contributed by atoms with Crippen LogP contribution >= 0.6 is 15.9 Å². The number of alkyl carbamates (subject to hydrolysis) is 1. The third-order valence-corrected chi connectivity index (χ3v) is 4.51. The fraction of sp³-hybridized carbons (Fsp3) is 0.625. The summed E-state index contributed by atoms with van der Waals surface area (Å²) in [6.45, 7) is 6.29. The maximum Gasteiger partial charge on any atom is 0.407 e. The lowest BCUT2D eigenvalue weighted by molar-refractivity contribution is -0.384. The van der Waals surface area contributed by atoms with Gasteiger partial charge in [0, 0.05) is 26.4 Å². The zero-order chi connectivity index (χ0) is 19.5. The fourth-order valence-electron chi connectivity index (χ4n) is 2.85. The van der Waals surface area contributed by atoms with Crippen LogP contribution in [-0.2, 0) is 9.47 Å². The second-order valence-corrected chi connectivity index (χ2v) is 7.86. The van der Waals surface area contributed by atoms with Crippen LogP contribution in [0.2, 0.25) is 0 Å². The van der Waals surface area contributed by atoms with Crippen LogP contribution in [0.1, 0.15) is 27.2 Å². The molecule has 1 saturated heterocycles. The van der Waals surface area contributed by atoms with E-state index in [4.69, 9.17) is 9.47 Å². The highest BCUT2D eigenvalue weighted by molar-refractivity contribution is 9.10. The van der Waals surface area contributed by atoms with Crippen molar-refractivity contribution in [2.45, 2.75) is 44.9 Å². The molecule has 2 atom stereocenters. The van der Waals surface area contributed by atoms with E-state index in [1.165, 1.54) is 12.4 Å². The first-order valence-corrected chi connectivity index (χ1v) is 8.97. The molecule has 1 N–H and O–H groups in total. The number of nitrogens with zero attached hydrogens (tertiary/aromatic N) is 3. The van der Waals surface area contributed by atoms with E-state index in [0.717, 1.165) is 0 Å². The predicted octanol–water partition coefficient (Wildman–Crippen LogP) is 2.87. The summed E-state index contributed by atoms with van der Waals surface area (Å²) >= 11 is 3.34. The van der Waals surface area contributed by atoms with E-state index in [0.29, 0.717) is 29.7 Å². The molecule has 1 amide bonds. The van der Waals surface area contributed by atoms with Gasteiger partial charge in [-0.2, -0.15) is 0 Å². The highest BCUT2D eigenvalue weighted by atomic mass is 79.9. The van der Waals surface area contributed by atoms with Gasteiger partial charge in [0.15, 0.2) is 0 Å². The highest BCUT2D eigenvalue weighted by Crippen LogP contribution is 2.36. The molecule has 26 heavy (non-hydrogen) atoms. The van der Waals surface area contributed by atoms with Crippen LogP contribution in [0.15, 0.2) is 16.9 Å². The number of ether oxygens (including phenoxy) is 2. The van der Waals surface area contributed by atoms with E-state index in [-0.39, 0.29) is 17.8 Å². The number of hydrogen-bond acceptors (Lipinski definition) is 7. The maximum absolute atomic E-state index is 12.0. The monoisotopic (exact) mass is 430 g/mol.